The lowest BCUT2D eigenvalue weighted by Gasteiger charge is -2.31. The highest BCUT2D eigenvalue weighted by Crippen LogP contribution is 2.34. The molecule has 2 aliphatic rings. The molecule has 24 heavy (non-hydrogen) atoms. The molecule has 2 fully saturated rings. The van der Waals surface area contributed by atoms with Crippen molar-refractivity contribution in [3.05, 3.63) is 11.9 Å². The van der Waals surface area contributed by atoms with Crippen molar-refractivity contribution < 1.29 is 13.9 Å². The van der Waals surface area contributed by atoms with Crippen molar-refractivity contribution in [3.63, 3.8) is 0 Å². The molecule has 4 heteroatoms. The van der Waals surface area contributed by atoms with Gasteiger partial charge in [-0.15, -0.1) is 0 Å². The molecule has 0 aromatic carbocycles. The van der Waals surface area contributed by atoms with Crippen LogP contribution in [0.25, 0.3) is 0 Å². The van der Waals surface area contributed by atoms with Gasteiger partial charge in [0.2, 0.25) is 0 Å². The summed E-state index contributed by atoms with van der Waals surface area (Å²) in [7, 11) is 0. The summed E-state index contributed by atoms with van der Waals surface area (Å²) in [6.07, 6.45) is 12.5. The molecule has 2 rings (SSSR count). The molecule has 3 nitrogen and oxygen atoms in total. The zero-order chi connectivity index (χ0) is 17.4. The Labute approximate surface area is 145 Å². The largest absolute Gasteiger partial charge is 0.462 e. The Balaban J connectivity index is 1.65. The van der Waals surface area contributed by atoms with Gasteiger partial charge in [0.15, 0.2) is 5.83 Å². The van der Waals surface area contributed by atoms with E-state index >= 15 is 0 Å². The first-order valence-electron chi connectivity index (χ1n) is 9.58. The molecule has 2 aliphatic carbocycles. The molecule has 0 amide bonds. The molecule has 0 aliphatic heterocycles. The number of hydrogen-bond donors (Lipinski definition) is 0. The van der Waals surface area contributed by atoms with E-state index in [2.05, 4.69) is 6.92 Å². The summed E-state index contributed by atoms with van der Waals surface area (Å²) in [5.74, 6) is 0.720. The van der Waals surface area contributed by atoms with Crippen molar-refractivity contribution in [2.24, 2.45) is 17.8 Å². The van der Waals surface area contributed by atoms with Crippen LogP contribution >= 0.6 is 0 Å². The second kappa shape index (κ2) is 9.81. The second-order valence-corrected chi connectivity index (χ2v) is 7.45. The molecule has 0 radical (unpaired) electrons. The monoisotopic (exact) mass is 335 g/mol. The topological polar surface area (TPSA) is 50.1 Å². The molecule has 0 atom stereocenters. The van der Waals surface area contributed by atoms with Gasteiger partial charge < -0.3 is 4.74 Å². The summed E-state index contributed by atoms with van der Waals surface area (Å²) in [6, 6.07) is 1.50. The van der Waals surface area contributed by atoms with Crippen LogP contribution in [0, 0.1) is 29.1 Å². The second-order valence-electron chi connectivity index (χ2n) is 7.45. The number of hydrogen-bond acceptors (Lipinski definition) is 3. The lowest BCUT2D eigenvalue weighted by Crippen LogP contribution is -2.30. The molecule has 0 saturated heterocycles. The molecule has 134 valence electrons. The average Bonchev–Trinajstić information content (AvgIpc) is 2.62. The van der Waals surface area contributed by atoms with Crippen LogP contribution in [0.5, 0.6) is 0 Å². The average molecular weight is 335 g/mol. The summed E-state index contributed by atoms with van der Waals surface area (Å²) < 4.78 is 18.5. The van der Waals surface area contributed by atoms with Gasteiger partial charge >= 0.3 is 5.97 Å². The lowest BCUT2D eigenvalue weighted by molar-refractivity contribution is -0.157. The van der Waals surface area contributed by atoms with Crippen LogP contribution < -0.4 is 0 Å². The van der Waals surface area contributed by atoms with Crippen LogP contribution in [0.15, 0.2) is 11.9 Å². The molecule has 0 heterocycles. The Hall–Kier alpha value is -1.37. The van der Waals surface area contributed by atoms with Gasteiger partial charge in [-0.05, 0) is 82.1 Å². The SMILES string of the molecule is CCC1CCC(OC(=O)C2CCC(CC/C=C(/F)C#N)CC2)CC1. The van der Waals surface area contributed by atoms with Gasteiger partial charge in [-0.2, -0.15) is 9.65 Å². The molecule has 0 unspecified atom stereocenters. The van der Waals surface area contributed by atoms with E-state index in [9.17, 15) is 9.18 Å². The third-order valence-electron chi connectivity index (χ3n) is 5.84. The Bertz CT molecular complexity index is 467. The number of carbonyl (C=O) groups is 1. The van der Waals surface area contributed by atoms with Gasteiger partial charge in [0.05, 0.1) is 5.92 Å². The standard InChI is InChI=1S/C20H30FNO2/c1-2-15-8-12-19(13-9-15)24-20(23)17-10-6-16(7-11-17)4-3-5-18(21)14-22/h5,15-17,19H,2-4,6-13H2,1H3/b18-5+. The van der Waals surface area contributed by atoms with Gasteiger partial charge in [-0.3, -0.25) is 4.79 Å². The predicted molar refractivity (Wildman–Crippen MR) is 91.6 cm³/mol. The highest BCUT2D eigenvalue weighted by Gasteiger charge is 2.30. The van der Waals surface area contributed by atoms with Crippen LogP contribution in [0.1, 0.15) is 77.6 Å². The molecule has 0 N–H and O–H groups in total. The van der Waals surface area contributed by atoms with E-state index in [1.807, 2.05) is 0 Å². The van der Waals surface area contributed by atoms with Crippen molar-refractivity contribution in [1.29, 1.82) is 5.26 Å². The van der Waals surface area contributed by atoms with Crippen molar-refractivity contribution in [2.75, 3.05) is 0 Å². The minimum absolute atomic E-state index is 0.00354. The van der Waals surface area contributed by atoms with Gasteiger partial charge in [-0.25, -0.2) is 0 Å². The minimum Gasteiger partial charge on any atom is -0.462 e. The summed E-state index contributed by atoms with van der Waals surface area (Å²) >= 11 is 0. The Morgan fingerprint density at radius 1 is 1.12 bits per heavy atom. The van der Waals surface area contributed by atoms with E-state index in [-0.39, 0.29) is 18.0 Å². The Kier molecular flexibility index (Phi) is 7.75. The van der Waals surface area contributed by atoms with Crippen molar-refractivity contribution in [1.82, 2.24) is 0 Å². The number of ether oxygens (including phenoxy) is 1. The fourth-order valence-corrected chi connectivity index (χ4v) is 4.10. The maximum Gasteiger partial charge on any atom is 0.309 e. The number of rotatable bonds is 6. The number of carbonyl (C=O) groups excluding carboxylic acids is 1. The van der Waals surface area contributed by atoms with Crippen LogP contribution in [0.4, 0.5) is 4.39 Å². The first-order valence-corrected chi connectivity index (χ1v) is 9.58. The van der Waals surface area contributed by atoms with Crippen molar-refractivity contribution in [3.8, 4) is 6.07 Å². The normalized spacial score (nSPS) is 31.3. The maximum atomic E-state index is 12.8. The zero-order valence-electron chi connectivity index (χ0n) is 14.8. The molecule has 0 aromatic rings. The number of esters is 1. The first kappa shape index (κ1) is 19.0. The smallest absolute Gasteiger partial charge is 0.309 e. The highest BCUT2D eigenvalue weighted by molar-refractivity contribution is 5.72. The van der Waals surface area contributed by atoms with Gasteiger partial charge in [0, 0.05) is 0 Å². The maximum absolute atomic E-state index is 12.8. The molecule has 0 aromatic heterocycles. The molecular weight excluding hydrogens is 305 g/mol. The van der Waals surface area contributed by atoms with E-state index in [1.165, 1.54) is 31.4 Å². The van der Waals surface area contributed by atoms with E-state index in [0.29, 0.717) is 12.3 Å². The predicted octanol–water partition coefficient (Wildman–Crippen LogP) is 5.46. The third kappa shape index (κ3) is 5.92. The zero-order valence-corrected chi connectivity index (χ0v) is 14.8. The summed E-state index contributed by atoms with van der Waals surface area (Å²) in [4.78, 5) is 12.3. The molecule has 0 spiro atoms. The Morgan fingerprint density at radius 3 is 2.33 bits per heavy atom. The van der Waals surface area contributed by atoms with Crippen LogP contribution in [-0.4, -0.2) is 12.1 Å². The summed E-state index contributed by atoms with van der Waals surface area (Å²) in [5.41, 5.74) is 0. The van der Waals surface area contributed by atoms with Crippen molar-refractivity contribution >= 4 is 5.97 Å². The lowest BCUT2D eigenvalue weighted by atomic mass is 9.80. The first-order chi connectivity index (χ1) is 11.6. The van der Waals surface area contributed by atoms with Gasteiger partial charge in [0.1, 0.15) is 12.2 Å². The number of nitrogens with zero attached hydrogens (tertiary/aromatic N) is 1. The van der Waals surface area contributed by atoms with E-state index < -0.39 is 5.83 Å². The molecule has 0 bridgehead atoms. The third-order valence-corrected chi connectivity index (χ3v) is 5.84. The van der Waals surface area contributed by atoms with E-state index in [4.69, 9.17) is 10.00 Å². The van der Waals surface area contributed by atoms with Crippen LogP contribution in [0.2, 0.25) is 0 Å². The van der Waals surface area contributed by atoms with E-state index in [0.717, 1.165) is 50.9 Å². The van der Waals surface area contributed by atoms with Crippen LogP contribution in [-0.2, 0) is 9.53 Å². The molecular formula is C20H30FNO2. The summed E-state index contributed by atoms with van der Waals surface area (Å²) in [6.45, 7) is 2.24. The minimum atomic E-state index is -0.690. The fourth-order valence-electron chi connectivity index (χ4n) is 4.10. The fraction of sp³-hybridized carbons (Fsp3) is 0.800. The highest BCUT2D eigenvalue weighted by atomic mass is 19.1. The van der Waals surface area contributed by atoms with Gasteiger partial charge in [0.25, 0.3) is 0 Å². The Morgan fingerprint density at radius 2 is 1.75 bits per heavy atom. The molecule has 2 saturated carbocycles. The number of halogens is 1. The van der Waals surface area contributed by atoms with Gasteiger partial charge in [-0.1, -0.05) is 13.3 Å². The quantitative estimate of drug-likeness (QED) is 0.478. The van der Waals surface area contributed by atoms with Crippen molar-refractivity contribution in [2.45, 2.75) is 83.7 Å². The number of allylic oxidation sites excluding steroid dienone is 2. The summed E-state index contributed by atoms with van der Waals surface area (Å²) in [5, 5.41) is 8.39. The van der Waals surface area contributed by atoms with E-state index in [1.54, 1.807) is 0 Å². The number of nitriles is 1. The van der Waals surface area contributed by atoms with Crippen LogP contribution in [0.3, 0.4) is 0 Å².